The first kappa shape index (κ1) is 28.8. The Morgan fingerprint density at radius 3 is 1.36 bits per heavy atom. The van der Waals surface area contributed by atoms with Crippen LogP contribution >= 0.6 is 0 Å². The third kappa shape index (κ3) is 22.6. The summed E-state index contributed by atoms with van der Waals surface area (Å²) in [4.78, 5) is 4.23. The maximum atomic E-state index is 4.23. The molecule has 0 atom stereocenters. The molecule has 0 spiro atoms. The average Bonchev–Trinajstić information content (AvgIpc) is 2.53. The maximum absolute atomic E-state index is 4.23. The van der Waals surface area contributed by atoms with Gasteiger partial charge in [-0.25, -0.2) is 4.98 Å². The molecule has 1 aliphatic rings. The number of aromatic nitrogens is 3. The second-order valence-corrected chi connectivity index (χ2v) is 9.28. The SMILES string of the molecule is C1#CCCCCCC1.CC(C)C.CC(C)C.CC(C)c1cnc(C(C)C)nn1. The van der Waals surface area contributed by atoms with Crippen LogP contribution in [-0.2, 0) is 0 Å². The minimum absolute atomic E-state index is 0.360. The smallest absolute Gasteiger partial charge is 0.153 e. The number of hydrogen-bond acceptors (Lipinski definition) is 3. The van der Waals surface area contributed by atoms with Crippen molar-refractivity contribution in [3.05, 3.63) is 17.7 Å². The molecule has 162 valence electrons. The van der Waals surface area contributed by atoms with Crippen molar-refractivity contribution in [3.8, 4) is 11.8 Å². The summed E-state index contributed by atoms with van der Waals surface area (Å²) in [5.41, 5.74) is 0.958. The van der Waals surface area contributed by atoms with Crippen LogP contribution in [-0.4, -0.2) is 15.2 Å². The molecule has 0 bridgehead atoms. The molecule has 1 heterocycles. The van der Waals surface area contributed by atoms with Crippen LogP contribution in [0.5, 0.6) is 0 Å². The Balaban J connectivity index is 0. The van der Waals surface area contributed by atoms with Crippen LogP contribution in [0.4, 0.5) is 0 Å². The summed E-state index contributed by atoms with van der Waals surface area (Å²) in [7, 11) is 0. The van der Waals surface area contributed by atoms with E-state index in [2.05, 4.69) is 96.3 Å². The second kappa shape index (κ2) is 18.9. The second-order valence-electron chi connectivity index (χ2n) is 9.28. The van der Waals surface area contributed by atoms with E-state index in [1.807, 2.05) is 6.20 Å². The van der Waals surface area contributed by atoms with Gasteiger partial charge in [-0.3, -0.25) is 0 Å². The summed E-state index contributed by atoms with van der Waals surface area (Å²) in [6, 6.07) is 0. The largest absolute Gasteiger partial charge is 0.237 e. The maximum Gasteiger partial charge on any atom is 0.153 e. The molecule has 0 unspecified atom stereocenters. The van der Waals surface area contributed by atoms with Gasteiger partial charge in [0.15, 0.2) is 5.82 Å². The summed E-state index contributed by atoms with van der Waals surface area (Å²) >= 11 is 0. The van der Waals surface area contributed by atoms with Crippen molar-refractivity contribution in [2.45, 2.75) is 120 Å². The van der Waals surface area contributed by atoms with E-state index in [1.54, 1.807) is 0 Å². The fourth-order valence-corrected chi connectivity index (χ4v) is 1.78. The van der Waals surface area contributed by atoms with Crippen molar-refractivity contribution in [2.75, 3.05) is 0 Å². The first-order valence-corrected chi connectivity index (χ1v) is 11.2. The van der Waals surface area contributed by atoms with Gasteiger partial charge in [0, 0.05) is 18.8 Å². The first-order chi connectivity index (χ1) is 13.1. The lowest BCUT2D eigenvalue weighted by atomic mass is 10.1. The number of rotatable bonds is 2. The van der Waals surface area contributed by atoms with Gasteiger partial charge in [-0.15, -0.1) is 16.9 Å². The predicted molar refractivity (Wildman–Crippen MR) is 125 cm³/mol. The molecule has 28 heavy (non-hydrogen) atoms. The van der Waals surface area contributed by atoms with Crippen molar-refractivity contribution in [3.63, 3.8) is 0 Å². The van der Waals surface area contributed by atoms with E-state index in [-0.39, 0.29) is 0 Å². The van der Waals surface area contributed by atoms with Crippen LogP contribution in [0.2, 0.25) is 0 Å². The lowest BCUT2D eigenvalue weighted by Crippen LogP contribution is -2.03. The Labute approximate surface area is 176 Å². The average molecular weight is 390 g/mol. The molecule has 0 amide bonds. The van der Waals surface area contributed by atoms with Gasteiger partial charge in [-0.05, 0) is 30.6 Å². The highest BCUT2D eigenvalue weighted by atomic mass is 15.2. The van der Waals surface area contributed by atoms with Gasteiger partial charge in [0.25, 0.3) is 0 Å². The quantitative estimate of drug-likeness (QED) is 0.484. The molecule has 0 saturated heterocycles. The Bertz CT molecular complexity index is 454. The first-order valence-electron chi connectivity index (χ1n) is 11.2. The van der Waals surface area contributed by atoms with Crippen molar-refractivity contribution in [1.29, 1.82) is 0 Å². The fraction of sp³-hybridized carbons (Fsp3) is 0.800. The third-order valence-corrected chi connectivity index (χ3v) is 3.18. The Kier molecular flexibility index (Phi) is 19.4. The van der Waals surface area contributed by atoms with Gasteiger partial charge in [0.1, 0.15) is 0 Å². The van der Waals surface area contributed by atoms with Crippen LogP contribution in [0.15, 0.2) is 6.20 Å². The van der Waals surface area contributed by atoms with Crippen LogP contribution in [0.1, 0.15) is 131 Å². The van der Waals surface area contributed by atoms with Crippen molar-refractivity contribution in [1.82, 2.24) is 15.2 Å². The molecule has 3 heteroatoms. The number of hydrogen-bond donors (Lipinski definition) is 0. The van der Waals surface area contributed by atoms with Crippen molar-refractivity contribution < 1.29 is 0 Å². The lowest BCUT2D eigenvalue weighted by molar-refractivity contribution is 0.652. The molecule has 0 fully saturated rings. The van der Waals surface area contributed by atoms with Gasteiger partial charge in [-0.1, -0.05) is 82.1 Å². The highest BCUT2D eigenvalue weighted by Gasteiger charge is 2.05. The van der Waals surface area contributed by atoms with Gasteiger partial charge < -0.3 is 0 Å². The van der Waals surface area contributed by atoms with Gasteiger partial charge >= 0.3 is 0 Å². The van der Waals surface area contributed by atoms with Gasteiger partial charge in [0.05, 0.1) is 11.9 Å². The van der Waals surface area contributed by atoms with Crippen LogP contribution in [0.3, 0.4) is 0 Å². The monoisotopic (exact) mass is 389 g/mol. The lowest BCUT2D eigenvalue weighted by Gasteiger charge is -2.04. The summed E-state index contributed by atoms with van der Waals surface area (Å²) in [6.07, 6.45) is 9.54. The van der Waals surface area contributed by atoms with Gasteiger partial charge in [0.2, 0.25) is 0 Å². The van der Waals surface area contributed by atoms with Crippen LogP contribution in [0.25, 0.3) is 0 Å². The molecule has 0 radical (unpaired) electrons. The van der Waals surface area contributed by atoms with E-state index >= 15 is 0 Å². The topological polar surface area (TPSA) is 38.7 Å². The van der Waals surface area contributed by atoms with Gasteiger partial charge in [-0.2, -0.15) is 5.10 Å². The fourth-order valence-electron chi connectivity index (χ4n) is 1.78. The zero-order chi connectivity index (χ0) is 21.9. The molecule has 0 aliphatic heterocycles. The zero-order valence-electron chi connectivity index (χ0n) is 20.5. The van der Waals surface area contributed by atoms with Crippen LogP contribution in [0, 0.1) is 23.7 Å². The summed E-state index contributed by atoms with van der Waals surface area (Å²) in [5, 5.41) is 8.13. The summed E-state index contributed by atoms with van der Waals surface area (Å²) < 4.78 is 0. The normalized spacial score (nSPS) is 13.1. The van der Waals surface area contributed by atoms with Crippen molar-refractivity contribution in [2.24, 2.45) is 11.8 Å². The highest BCUT2D eigenvalue weighted by molar-refractivity contribution is 5.01. The van der Waals surface area contributed by atoms with E-state index < -0.39 is 0 Å². The number of nitrogens with zero attached hydrogens (tertiary/aromatic N) is 3. The molecule has 0 N–H and O–H groups in total. The van der Waals surface area contributed by atoms with Crippen molar-refractivity contribution >= 4 is 0 Å². The predicted octanol–water partition coefficient (Wildman–Crippen LogP) is 7.79. The van der Waals surface area contributed by atoms with Crippen LogP contribution < -0.4 is 0 Å². The van der Waals surface area contributed by atoms with E-state index in [4.69, 9.17) is 0 Å². The Morgan fingerprint density at radius 1 is 0.643 bits per heavy atom. The van der Waals surface area contributed by atoms with E-state index in [0.717, 1.165) is 36.2 Å². The molecular formula is C25H47N3. The molecule has 0 saturated carbocycles. The van der Waals surface area contributed by atoms with E-state index in [9.17, 15) is 0 Å². The molecule has 1 aromatic rings. The molecular weight excluding hydrogens is 342 g/mol. The molecule has 1 aromatic heterocycles. The Morgan fingerprint density at radius 2 is 1.07 bits per heavy atom. The molecule has 2 rings (SSSR count). The molecule has 1 aliphatic carbocycles. The zero-order valence-corrected chi connectivity index (χ0v) is 20.5. The minimum atomic E-state index is 0.360. The summed E-state index contributed by atoms with van der Waals surface area (Å²) in [5.74, 6) is 9.53. The third-order valence-electron chi connectivity index (χ3n) is 3.18. The van der Waals surface area contributed by atoms with E-state index in [0.29, 0.717) is 11.8 Å². The minimum Gasteiger partial charge on any atom is -0.237 e. The highest BCUT2D eigenvalue weighted by Crippen LogP contribution is 2.11. The van der Waals surface area contributed by atoms with E-state index in [1.165, 1.54) is 25.7 Å². The Hall–Kier alpha value is -1.43. The summed E-state index contributed by atoms with van der Waals surface area (Å²) in [6.45, 7) is 21.3. The molecule has 0 aromatic carbocycles. The standard InChI is InChI=1S/C9H15N3.C8H12.2C4H10/c1-6(2)8-5-10-9(7(3)4)12-11-8;1-2-4-6-8-7-5-3-1;2*1-4(2)3/h5-7H,1-4H3;1-6H2;2*4H,1-3H3. The molecule has 3 nitrogen and oxygen atoms in total.